The first-order valence-electron chi connectivity index (χ1n) is 6.40. The first kappa shape index (κ1) is 13.4. The number of ether oxygens (including phenoxy) is 2. The number of rotatable bonds is 3. The van der Waals surface area contributed by atoms with Gasteiger partial charge in [-0.25, -0.2) is 0 Å². The molecule has 0 aromatic heterocycles. The van der Waals surface area contributed by atoms with E-state index in [9.17, 15) is 0 Å². The van der Waals surface area contributed by atoms with Gasteiger partial charge in [0.2, 0.25) is 0 Å². The molecule has 2 N–H and O–H groups in total. The predicted molar refractivity (Wildman–Crippen MR) is 73.2 cm³/mol. The van der Waals surface area contributed by atoms with Crippen LogP contribution in [-0.2, 0) is 15.6 Å². The molecule has 100 valence electrons. The van der Waals surface area contributed by atoms with Crippen LogP contribution in [0, 0.1) is 0 Å². The number of methoxy groups -OCH3 is 1. The molecule has 1 aromatic carbocycles. The second-order valence-corrected chi connectivity index (χ2v) is 6.14. The Labute approximate surface area is 109 Å². The fraction of sp³-hybridized carbons (Fsp3) is 0.600. The molecule has 1 heterocycles. The van der Waals surface area contributed by atoms with Gasteiger partial charge in [-0.05, 0) is 17.0 Å². The zero-order valence-corrected chi connectivity index (χ0v) is 11.7. The van der Waals surface area contributed by atoms with Crippen molar-refractivity contribution in [1.29, 1.82) is 0 Å². The van der Waals surface area contributed by atoms with Crippen molar-refractivity contribution in [3.8, 4) is 5.75 Å². The minimum atomic E-state index is -0.0629. The highest BCUT2D eigenvalue weighted by Crippen LogP contribution is 2.39. The van der Waals surface area contributed by atoms with Crippen LogP contribution in [-0.4, -0.2) is 26.9 Å². The molecule has 1 aromatic rings. The molecular weight excluding hydrogens is 226 g/mol. The molecule has 2 rings (SSSR count). The fourth-order valence-electron chi connectivity index (χ4n) is 2.32. The molecule has 0 saturated carbocycles. The summed E-state index contributed by atoms with van der Waals surface area (Å²) in [6.45, 7) is 8.61. The third-order valence-corrected chi connectivity index (χ3v) is 3.78. The molecule has 1 fully saturated rings. The van der Waals surface area contributed by atoms with Gasteiger partial charge >= 0.3 is 0 Å². The molecule has 1 aliphatic heterocycles. The summed E-state index contributed by atoms with van der Waals surface area (Å²) < 4.78 is 10.9. The van der Waals surface area contributed by atoms with Gasteiger partial charge in [-0.15, -0.1) is 0 Å². The minimum Gasteiger partial charge on any atom is -0.496 e. The van der Waals surface area contributed by atoms with Crippen LogP contribution in [0.4, 0.5) is 0 Å². The highest BCUT2D eigenvalue weighted by Gasteiger charge is 2.41. The van der Waals surface area contributed by atoms with E-state index in [1.165, 1.54) is 11.1 Å². The quantitative estimate of drug-likeness (QED) is 0.893. The smallest absolute Gasteiger partial charge is 0.122 e. The van der Waals surface area contributed by atoms with Gasteiger partial charge in [0, 0.05) is 12.1 Å². The summed E-state index contributed by atoms with van der Waals surface area (Å²) in [5.74, 6) is 0.914. The van der Waals surface area contributed by atoms with Gasteiger partial charge < -0.3 is 15.2 Å². The number of hydrogen-bond donors (Lipinski definition) is 1. The number of nitrogens with two attached hydrogens (primary N) is 1. The molecule has 3 heteroatoms. The lowest BCUT2D eigenvalue weighted by atomic mass is 9.75. The van der Waals surface area contributed by atoms with Crippen LogP contribution in [0.2, 0.25) is 0 Å². The molecule has 0 radical (unpaired) electrons. The van der Waals surface area contributed by atoms with Crippen LogP contribution in [0.5, 0.6) is 5.75 Å². The summed E-state index contributed by atoms with van der Waals surface area (Å²) in [6, 6.07) is 6.41. The van der Waals surface area contributed by atoms with Crippen molar-refractivity contribution < 1.29 is 9.47 Å². The topological polar surface area (TPSA) is 44.5 Å². The molecular formula is C15H23NO2. The van der Waals surface area contributed by atoms with Gasteiger partial charge in [-0.2, -0.15) is 0 Å². The Balaban J connectivity index is 2.49. The average Bonchev–Trinajstić information content (AvgIpc) is 2.27. The highest BCUT2D eigenvalue weighted by molar-refractivity contribution is 5.46. The molecule has 1 saturated heterocycles. The zero-order valence-electron chi connectivity index (χ0n) is 11.7. The van der Waals surface area contributed by atoms with E-state index in [4.69, 9.17) is 15.2 Å². The van der Waals surface area contributed by atoms with E-state index in [1.54, 1.807) is 7.11 Å². The van der Waals surface area contributed by atoms with Crippen molar-refractivity contribution in [1.82, 2.24) is 0 Å². The first-order valence-corrected chi connectivity index (χ1v) is 6.40. The standard InChI is InChI=1S/C15H23NO2/c1-14(2,3)11-5-6-13(17-4)12(7-11)15(8-16)9-18-10-15/h5-7H,8-10,16H2,1-4H3. The number of benzene rings is 1. The highest BCUT2D eigenvalue weighted by atomic mass is 16.5. The summed E-state index contributed by atoms with van der Waals surface area (Å²) in [6.07, 6.45) is 0. The summed E-state index contributed by atoms with van der Waals surface area (Å²) in [5.41, 5.74) is 8.50. The maximum Gasteiger partial charge on any atom is 0.122 e. The van der Waals surface area contributed by atoms with Crippen molar-refractivity contribution in [3.05, 3.63) is 29.3 Å². The lowest BCUT2D eigenvalue weighted by Crippen LogP contribution is -2.52. The molecule has 0 spiro atoms. The Bertz CT molecular complexity index is 425. The van der Waals surface area contributed by atoms with Gasteiger partial charge in [-0.3, -0.25) is 0 Å². The van der Waals surface area contributed by atoms with Crippen molar-refractivity contribution in [2.75, 3.05) is 26.9 Å². The van der Waals surface area contributed by atoms with E-state index in [2.05, 4.69) is 32.9 Å². The van der Waals surface area contributed by atoms with E-state index in [0.29, 0.717) is 19.8 Å². The molecule has 0 aliphatic carbocycles. The molecule has 0 bridgehead atoms. The van der Waals surface area contributed by atoms with Crippen LogP contribution in [0.25, 0.3) is 0 Å². The molecule has 0 atom stereocenters. The molecule has 0 unspecified atom stereocenters. The largest absolute Gasteiger partial charge is 0.496 e. The summed E-state index contributed by atoms with van der Waals surface area (Å²) in [4.78, 5) is 0. The average molecular weight is 249 g/mol. The van der Waals surface area contributed by atoms with E-state index >= 15 is 0 Å². The maximum absolute atomic E-state index is 5.95. The molecule has 18 heavy (non-hydrogen) atoms. The van der Waals surface area contributed by atoms with Crippen LogP contribution in [0.15, 0.2) is 18.2 Å². The van der Waals surface area contributed by atoms with E-state index in [-0.39, 0.29) is 10.8 Å². The molecule has 0 amide bonds. The molecule has 3 nitrogen and oxygen atoms in total. The van der Waals surface area contributed by atoms with Gasteiger partial charge in [0.1, 0.15) is 5.75 Å². The second kappa shape index (κ2) is 4.56. The monoisotopic (exact) mass is 249 g/mol. The normalized spacial score (nSPS) is 18.3. The first-order chi connectivity index (χ1) is 8.43. The van der Waals surface area contributed by atoms with Crippen LogP contribution >= 0.6 is 0 Å². The van der Waals surface area contributed by atoms with Crippen molar-refractivity contribution in [2.45, 2.75) is 31.6 Å². The lowest BCUT2D eigenvalue weighted by molar-refractivity contribution is -0.0559. The SMILES string of the molecule is COc1ccc(C(C)(C)C)cc1C1(CN)COC1. The van der Waals surface area contributed by atoms with E-state index < -0.39 is 0 Å². The summed E-state index contributed by atoms with van der Waals surface area (Å²) in [7, 11) is 1.71. The van der Waals surface area contributed by atoms with Gasteiger partial charge in [0.05, 0.1) is 25.7 Å². The zero-order chi connectivity index (χ0) is 13.4. The Morgan fingerprint density at radius 2 is 2.00 bits per heavy atom. The van der Waals surface area contributed by atoms with Gasteiger partial charge in [0.25, 0.3) is 0 Å². The maximum atomic E-state index is 5.95. The van der Waals surface area contributed by atoms with Crippen molar-refractivity contribution in [2.24, 2.45) is 5.73 Å². The number of hydrogen-bond acceptors (Lipinski definition) is 3. The Kier molecular flexibility index (Phi) is 3.39. The third-order valence-electron chi connectivity index (χ3n) is 3.78. The lowest BCUT2D eigenvalue weighted by Gasteiger charge is -2.42. The van der Waals surface area contributed by atoms with Crippen LogP contribution < -0.4 is 10.5 Å². The van der Waals surface area contributed by atoms with E-state index in [1.807, 2.05) is 6.07 Å². The van der Waals surface area contributed by atoms with Crippen LogP contribution in [0.1, 0.15) is 31.9 Å². The third kappa shape index (κ3) is 2.13. The van der Waals surface area contributed by atoms with Crippen molar-refractivity contribution in [3.63, 3.8) is 0 Å². The Morgan fingerprint density at radius 1 is 1.33 bits per heavy atom. The Morgan fingerprint density at radius 3 is 2.39 bits per heavy atom. The van der Waals surface area contributed by atoms with E-state index in [0.717, 1.165) is 5.75 Å². The van der Waals surface area contributed by atoms with Crippen LogP contribution in [0.3, 0.4) is 0 Å². The Hall–Kier alpha value is -1.06. The fourth-order valence-corrected chi connectivity index (χ4v) is 2.32. The van der Waals surface area contributed by atoms with Gasteiger partial charge in [0.15, 0.2) is 0 Å². The van der Waals surface area contributed by atoms with Gasteiger partial charge in [-0.1, -0.05) is 32.9 Å². The predicted octanol–water partition coefficient (Wildman–Crippen LogP) is 2.22. The summed E-state index contributed by atoms with van der Waals surface area (Å²) >= 11 is 0. The second-order valence-electron chi connectivity index (χ2n) is 6.14. The van der Waals surface area contributed by atoms with Crippen molar-refractivity contribution >= 4 is 0 Å². The molecule has 1 aliphatic rings. The minimum absolute atomic E-state index is 0.0629. The summed E-state index contributed by atoms with van der Waals surface area (Å²) in [5, 5.41) is 0.